The van der Waals surface area contributed by atoms with Crippen LogP contribution in [0, 0.1) is 6.92 Å². The molecule has 90 valence electrons. The summed E-state index contributed by atoms with van der Waals surface area (Å²) in [6, 6.07) is 2.03. The van der Waals surface area contributed by atoms with Crippen molar-refractivity contribution in [3.63, 3.8) is 0 Å². The number of fused-ring (bicyclic) bond motifs is 1. The van der Waals surface area contributed by atoms with Gasteiger partial charge in [-0.15, -0.1) is 11.3 Å². The normalized spacial score (nSPS) is 17.7. The Bertz CT molecular complexity index is 595. The number of rotatable bonds is 1. The van der Waals surface area contributed by atoms with E-state index < -0.39 is 0 Å². The second-order valence-corrected chi connectivity index (χ2v) is 5.61. The third-order valence-electron chi connectivity index (χ3n) is 3.28. The molecule has 3 heterocycles. The zero-order chi connectivity index (χ0) is 11.8. The van der Waals surface area contributed by atoms with Crippen molar-refractivity contribution in [1.82, 2.24) is 15.3 Å². The van der Waals surface area contributed by atoms with E-state index in [1.165, 1.54) is 4.88 Å². The number of nitrogens with zero attached hydrogens (tertiary/aromatic N) is 1. The standard InChI is InChI=1S/C12H15N3OS/c1-7-14-11(16)9-6-10(17-12(9)15-7)8-2-4-13-5-3-8/h6,8,13H,2-5H2,1H3,(H,14,15,16). The van der Waals surface area contributed by atoms with Crippen LogP contribution in [0.3, 0.4) is 0 Å². The van der Waals surface area contributed by atoms with Crippen LogP contribution in [0.15, 0.2) is 10.9 Å². The molecule has 17 heavy (non-hydrogen) atoms. The van der Waals surface area contributed by atoms with E-state index in [2.05, 4.69) is 15.3 Å². The molecule has 3 rings (SSSR count). The number of H-pyrrole nitrogens is 1. The van der Waals surface area contributed by atoms with Crippen molar-refractivity contribution >= 4 is 21.6 Å². The van der Waals surface area contributed by atoms with Gasteiger partial charge in [0.15, 0.2) is 0 Å². The van der Waals surface area contributed by atoms with E-state index in [9.17, 15) is 4.79 Å². The Hall–Kier alpha value is -1.20. The van der Waals surface area contributed by atoms with Crippen LogP contribution in [0.4, 0.5) is 0 Å². The number of aryl methyl sites for hydroxylation is 1. The zero-order valence-corrected chi connectivity index (χ0v) is 10.6. The van der Waals surface area contributed by atoms with Crippen molar-refractivity contribution in [2.75, 3.05) is 13.1 Å². The van der Waals surface area contributed by atoms with Gasteiger partial charge < -0.3 is 10.3 Å². The highest BCUT2D eigenvalue weighted by Crippen LogP contribution is 2.33. The van der Waals surface area contributed by atoms with Crippen LogP contribution in [0.1, 0.15) is 29.5 Å². The van der Waals surface area contributed by atoms with E-state index in [1.54, 1.807) is 11.3 Å². The van der Waals surface area contributed by atoms with Gasteiger partial charge in [-0.05, 0) is 44.8 Å². The molecule has 2 aromatic rings. The smallest absolute Gasteiger partial charge is 0.259 e. The van der Waals surface area contributed by atoms with Crippen molar-refractivity contribution in [2.24, 2.45) is 0 Å². The summed E-state index contributed by atoms with van der Waals surface area (Å²) in [4.78, 5) is 21.1. The average Bonchev–Trinajstić information content (AvgIpc) is 2.74. The molecule has 2 aromatic heterocycles. The van der Waals surface area contributed by atoms with Crippen molar-refractivity contribution in [3.05, 3.63) is 27.1 Å². The van der Waals surface area contributed by atoms with Gasteiger partial charge in [0.1, 0.15) is 10.7 Å². The Morgan fingerprint density at radius 3 is 2.94 bits per heavy atom. The highest BCUT2D eigenvalue weighted by Gasteiger charge is 2.18. The van der Waals surface area contributed by atoms with Gasteiger partial charge in [0.2, 0.25) is 0 Å². The number of hydrogen-bond acceptors (Lipinski definition) is 4. The number of aromatic amines is 1. The molecule has 0 aliphatic carbocycles. The van der Waals surface area contributed by atoms with Gasteiger partial charge in [-0.3, -0.25) is 4.79 Å². The summed E-state index contributed by atoms with van der Waals surface area (Å²) in [5.41, 5.74) is -0.0102. The third-order valence-corrected chi connectivity index (χ3v) is 4.47. The van der Waals surface area contributed by atoms with Gasteiger partial charge in [-0.2, -0.15) is 0 Å². The molecule has 1 saturated heterocycles. The minimum Gasteiger partial charge on any atom is -0.317 e. The Kier molecular flexibility index (Phi) is 2.72. The quantitative estimate of drug-likeness (QED) is 0.809. The summed E-state index contributed by atoms with van der Waals surface area (Å²) < 4.78 is 0. The molecule has 0 unspecified atom stereocenters. The molecule has 0 aromatic carbocycles. The van der Waals surface area contributed by atoms with Gasteiger partial charge in [0.25, 0.3) is 5.56 Å². The van der Waals surface area contributed by atoms with E-state index in [0.717, 1.165) is 36.1 Å². The summed E-state index contributed by atoms with van der Waals surface area (Å²) in [5.74, 6) is 1.29. The summed E-state index contributed by atoms with van der Waals surface area (Å²) in [6.45, 7) is 3.97. The molecule has 0 atom stereocenters. The first-order valence-corrected chi connectivity index (χ1v) is 6.77. The summed E-state index contributed by atoms with van der Waals surface area (Å²) >= 11 is 1.67. The predicted molar refractivity (Wildman–Crippen MR) is 69.8 cm³/mol. The number of aromatic nitrogens is 2. The van der Waals surface area contributed by atoms with Gasteiger partial charge in [-0.25, -0.2) is 4.98 Å². The Morgan fingerprint density at radius 2 is 2.18 bits per heavy atom. The van der Waals surface area contributed by atoms with Crippen LogP contribution >= 0.6 is 11.3 Å². The van der Waals surface area contributed by atoms with Gasteiger partial charge >= 0.3 is 0 Å². The largest absolute Gasteiger partial charge is 0.317 e. The third kappa shape index (κ3) is 2.00. The number of hydrogen-bond donors (Lipinski definition) is 2. The van der Waals surface area contributed by atoms with Crippen molar-refractivity contribution in [3.8, 4) is 0 Å². The van der Waals surface area contributed by atoms with Gasteiger partial charge in [-0.1, -0.05) is 0 Å². The Morgan fingerprint density at radius 1 is 1.41 bits per heavy atom. The van der Waals surface area contributed by atoms with Crippen LogP contribution in [-0.4, -0.2) is 23.1 Å². The molecule has 1 aliphatic heterocycles. The highest BCUT2D eigenvalue weighted by molar-refractivity contribution is 7.18. The first-order chi connectivity index (χ1) is 8.24. The lowest BCUT2D eigenvalue weighted by Gasteiger charge is -2.21. The van der Waals surface area contributed by atoms with Crippen LogP contribution in [0.2, 0.25) is 0 Å². The SMILES string of the molecule is Cc1nc2sc(C3CCNCC3)cc2c(=O)[nH]1. The maximum Gasteiger partial charge on any atom is 0.259 e. The van der Waals surface area contributed by atoms with Crippen LogP contribution in [0.25, 0.3) is 10.2 Å². The Labute approximate surface area is 103 Å². The molecule has 0 saturated carbocycles. The average molecular weight is 249 g/mol. The first-order valence-electron chi connectivity index (χ1n) is 5.95. The number of thiophene rings is 1. The van der Waals surface area contributed by atoms with E-state index in [1.807, 2.05) is 13.0 Å². The van der Waals surface area contributed by atoms with Crippen LogP contribution < -0.4 is 10.9 Å². The fraction of sp³-hybridized carbons (Fsp3) is 0.500. The molecule has 1 fully saturated rings. The van der Waals surface area contributed by atoms with E-state index in [4.69, 9.17) is 0 Å². The molecule has 2 N–H and O–H groups in total. The van der Waals surface area contributed by atoms with Crippen LogP contribution in [-0.2, 0) is 0 Å². The second kappa shape index (κ2) is 4.23. The fourth-order valence-corrected chi connectivity index (χ4v) is 3.61. The number of nitrogens with one attached hydrogen (secondary N) is 2. The van der Waals surface area contributed by atoms with Gasteiger partial charge in [0, 0.05) is 4.88 Å². The molecule has 0 bridgehead atoms. The Balaban J connectivity index is 2.06. The van der Waals surface area contributed by atoms with E-state index >= 15 is 0 Å². The lowest BCUT2D eigenvalue weighted by atomic mass is 9.96. The fourth-order valence-electron chi connectivity index (χ4n) is 2.37. The predicted octanol–water partition coefficient (Wildman–Crippen LogP) is 1.76. The molecular weight excluding hydrogens is 234 g/mol. The highest BCUT2D eigenvalue weighted by atomic mass is 32.1. The molecule has 0 spiro atoms. The molecule has 0 amide bonds. The molecular formula is C12H15N3OS. The monoisotopic (exact) mass is 249 g/mol. The molecule has 1 aliphatic rings. The topological polar surface area (TPSA) is 57.8 Å². The van der Waals surface area contributed by atoms with E-state index in [0.29, 0.717) is 11.7 Å². The molecule has 5 heteroatoms. The summed E-state index contributed by atoms with van der Waals surface area (Å²) in [6.07, 6.45) is 2.31. The van der Waals surface area contributed by atoms with Crippen molar-refractivity contribution < 1.29 is 0 Å². The van der Waals surface area contributed by atoms with Crippen molar-refractivity contribution in [1.29, 1.82) is 0 Å². The maximum atomic E-state index is 11.8. The number of piperidine rings is 1. The molecule has 4 nitrogen and oxygen atoms in total. The molecule has 0 radical (unpaired) electrons. The van der Waals surface area contributed by atoms with Gasteiger partial charge in [0.05, 0.1) is 5.39 Å². The first kappa shape index (κ1) is 10.9. The van der Waals surface area contributed by atoms with E-state index in [-0.39, 0.29) is 5.56 Å². The lowest BCUT2D eigenvalue weighted by Crippen LogP contribution is -2.26. The van der Waals surface area contributed by atoms with Crippen molar-refractivity contribution in [2.45, 2.75) is 25.7 Å². The minimum atomic E-state index is -0.0102. The maximum absolute atomic E-state index is 11.8. The summed E-state index contributed by atoms with van der Waals surface area (Å²) in [5, 5.41) is 4.10. The lowest BCUT2D eigenvalue weighted by molar-refractivity contribution is 0.465. The zero-order valence-electron chi connectivity index (χ0n) is 9.75. The summed E-state index contributed by atoms with van der Waals surface area (Å²) in [7, 11) is 0. The van der Waals surface area contributed by atoms with Crippen LogP contribution in [0.5, 0.6) is 0 Å². The minimum absolute atomic E-state index is 0.0102. The second-order valence-electron chi connectivity index (χ2n) is 4.54.